The van der Waals surface area contributed by atoms with Crippen LogP contribution in [-0.2, 0) is 14.3 Å². The number of esters is 1. The Bertz CT molecular complexity index is 1130. The van der Waals surface area contributed by atoms with Crippen molar-refractivity contribution in [1.29, 1.82) is 0 Å². The number of benzene rings is 2. The predicted molar refractivity (Wildman–Crippen MR) is 121 cm³/mol. The summed E-state index contributed by atoms with van der Waals surface area (Å²) in [6, 6.07) is 16.5. The van der Waals surface area contributed by atoms with Crippen LogP contribution in [0.15, 0.2) is 82.0 Å². The molecule has 1 aliphatic rings. The number of fused-ring (bicyclic) bond motifs is 1. The van der Waals surface area contributed by atoms with Crippen LogP contribution in [0, 0.1) is 0 Å². The van der Waals surface area contributed by atoms with Crippen LogP contribution in [0.4, 0.5) is 0 Å². The van der Waals surface area contributed by atoms with Gasteiger partial charge in [-0.25, -0.2) is 9.79 Å². The monoisotopic (exact) mass is 416 g/mol. The third kappa shape index (κ3) is 5.42. The van der Waals surface area contributed by atoms with E-state index in [1.807, 2.05) is 30.3 Å². The zero-order valence-electron chi connectivity index (χ0n) is 17.9. The Hall–Kier alpha value is -3.80. The summed E-state index contributed by atoms with van der Waals surface area (Å²) in [7, 11) is 0. The molecule has 0 bridgehead atoms. The molecule has 0 saturated heterocycles. The van der Waals surface area contributed by atoms with Crippen LogP contribution in [0.2, 0.25) is 0 Å². The second-order valence-electron chi connectivity index (χ2n) is 7.99. The van der Waals surface area contributed by atoms with Crippen LogP contribution in [0.25, 0.3) is 6.08 Å². The molecule has 1 aliphatic heterocycles. The van der Waals surface area contributed by atoms with Gasteiger partial charge in [-0.15, -0.1) is 0 Å². The third-order valence-electron chi connectivity index (χ3n) is 4.28. The maximum absolute atomic E-state index is 12.7. The number of carbonyl (C=O) groups excluding carboxylic acids is 2. The van der Waals surface area contributed by atoms with E-state index in [0.717, 1.165) is 5.56 Å². The van der Waals surface area contributed by atoms with E-state index in [9.17, 15) is 14.7 Å². The number of aliphatic imine (C=N–C) groups is 2. The van der Waals surface area contributed by atoms with Crippen molar-refractivity contribution in [3.8, 4) is 0 Å². The fourth-order valence-electron chi connectivity index (χ4n) is 3.00. The number of hydrogen-bond acceptors (Lipinski definition) is 4. The summed E-state index contributed by atoms with van der Waals surface area (Å²) in [6.07, 6.45) is 3.03. The second kappa shape index (κ2) is 8.92. The molecule has 31 heavy (non-hydrogen) atoms. The van der Waals surface area contributed by atoms with E-state index < -0.39 is 17.5 Å². The molecule has 6 heteroatoms. The zero-order valence-corrected chi connectivity index (χ0v) is 17.9. The number of amides is 1. The van der Waals surface area contributed by atoms with Gasteiger partial charge < -0.3 is 9.84 Å². The van der Waals surface area contributed by atoms with Gasteiger partial charge in [0.05, 0.1) is 5.71 Å². The van der Waals surface area contributed by atoms with Crippen LogP contribution in [-0.4, -0.2) is 34.1 Å². The molecule has 1 N–H and O–H groups in total. The Morgan fingerprint density at radius 2 is 1.61 bits per heavy atom. The summed E-state index contributed by atoms with van der Waals surface area (Å²) in [4.78, 5) is 33.7. The molecule has 3 rings (SSSR count). The average molecular weight is 416 g/mol. The van der Waals surface area contributed by atoms with E-state index >= 15 is 0 Å². The van der Waals surface area contributed by atoms with Gasteiger partial charge in [0.15, 0.2) is 5.84 Å². The van der Waals surface area contributed by atoms with Gasteiger partial charge in [-0.3, -0.25) is 4.79 Å². The highest BCUT2D eigenvalue weighted by Gasteiger charge is 2.32. The first-order valence-corrected chi connectivity index (χ1v) is 9.83. The largest absolute Gasteiger partial charge is 0.512 e. The van der Waals surface area contributed by atoms with Crippen molar-refractivity contribution in [2.24, 2.45) is 9.98 Å². The van der Waals surface area contributed by atoms with E-state index in [4.69, 9.17) is 4.74 Å². The van der Waals surface area contributed by atoms with Crippen molar-refractivity contribution in [3.05, 3.63) is 88.7 Å². The minimum Gasteiger partial charge on any atom is -0.512 e. The summed E-state index contributed by atoms with van der Waals surface area (Å²) in [6.45, 7) is 6.62. The van der Waals surface area contributed by atoms with E-state index in [0.29, 0.717) is 11.1 Å². The average Bonchev–Trinajstić information content (AvgIpc) is 3.04. The molecule has 1 amide bonds. The van der Waals surface area contributed by atoms with Crippen LogP contribution in [0.3, 0.4) is 0 Å². The van der Waals surface area contributed by atoms with Gasteiger partial charge in [0.2, 0.25) is 0 Å². The van der Waals surface area contributed by atoms with Gasteiger partial charge in [-0.05, 0) is 39.3 Å². The van der Waals surface area contributed by atoms with Crippen molar-refractivity contribution < 1.29 is 19.4 Å². The highest BCUT2D eigenvalue weighted by atomic mass is 16.6. The summed E-state index contributed by atoms with van der Waals surface area (Å²) < 4.78 is 5.44. The molecule has 0 aromatic heterocycles. The Balaban J connectivity index is 1.99. The molecule has 0 radical (unpaired) electrons. The summed E-state index contributed by atoms with van der Waals surface area (Å²) in [5, 5.41) is 10.2. The second-order valence-corrected chi connectivity index (χ2v) is 7.99. The molecular formula is C25H24N2O4. The summed E-state index contributed by atoms with van der Waals surface area (Å²) >= 11 is 0. The topological polar surface area (TPSA) is 88.3 Å². The van der Waals surface area contributed by atoms with Gasteiger partial charge in [-0.1, -0.05) is 54.6 Å². The lowest BCUT2D eigenvalue weighted by molar-refractivity contribution is -0.149. The van der Waals surface area contributed by atoms with E-state index in [2.05, 4.69) is 9.98 Å². The molecule has 0 saturated carbocycles. The standard InChI is InChI=1S/C25H24N2O4/c1-16(28)21(24(30)31-25(2,3)4)22-18-12-8-9-13-19(18)23(27-22)26-20(29)15-14-17-10-6-5-7-11-17/h5-15,28H,1-4H3/b15-14+,21-16+,26-23?. The molecule has 0 aliphatic carbocycles. The fourth-order valence-corrected chi connectivity index (χ4v) is 3.00. The lowest BCUT2D eigenvalue weighted by atomic mass is 9.99. The van der Waals surface area contributed by atoms with Gasteiger partial charge in [0, 0.05) is 17.2 Å². The first kappa shape index (κ1) is 21.9. The number of carbonyl (C=O) groups is 2. The SMILES string of the molecule is C/C(O)=C(\C(=O)OC(C)(C)C)C1=NC(=NC(=O)/C=C/c2ccccc2)c2ccccc21. The van der Waals surface area contributed by atoms with Crippen LogP contribution in [0.5, 0.6) is 0 Å². The minimum absolute atomic E-state index is 0.0557. The third-order valence-corrected chi connectivity index (χ3v) is 4.28. The van der Waals surface area contributed by atoms with E-state index in [-0.39, 0.29) is 22.9 Å². The molecule has 0 spiro atoms. The Morgan fingerprint density at radius 3 is 2.23 bits per heavy atom. The number of rotatable bonds is 4. The predicted octanol–water partition coefficient (Wildman–Crippen LogP) is 4.65. The molecule has 0 fully saturated rings. The molecule has 2 aromatic rings. The smallest absolute Gasteiger partial charge is 0.344 e. The quantitative estimate of drug-likeness (QED) is 0.446. The first-order valence-electron chi connectivity index (χ1n) is 9.83. The highest BCUT2D eigenvalue weighted by Crippen LogP contribution is 2.26. The molecule has 2 aromatic carbocycles. The summed E-state index contributed by atoms with van der Waals surface area (Å²) in [5.41, 5.74) is 1.49. The fraction of sp³-hybridized carbons (Fsp3) is 0.200. The van der Waals surface area contributed by atoms with Crippen LogP contribution in [0.1, 0.15) is 44.4 Å². The number of amidine groups is 1. The van der Waals surface area contributed by atoms with Gasteiger partial charge in [-0.2, -0.15) is 4.99 Å². The maximum atomic E-state index is 12.7. The highest BCUT2D eigenvalue weighted by molar-refractivity contribution is 6.36. The number of aliphatic hydroxyl groups is 1. The molecule has 0 atom stereocenters. The van der Waals surface area contributed by atoms with Crippen molar-refractivity contribution in [3.63, 3.8) is 0 Å². The van der Waals surface area contributed by atoms with Crippen molar-refractivity contribution in [1.82, 2.24) is 0 Å². The van der Waals surface area contributed by atoms with Crippen molar-refractivity contribution in [2.45, 2.75) is 33.3 Å². The number of nitrogens with zero attached hydrogens (tertiary/aromatic N) is 2. The molecule has 0 unspecified atom stereocenters. The van der Waals surface area contributed by atoms with Crippen molar-refractivity contribution >= 4 is 29.5 Å². The Labute approximate surface area is 181 Å². The zero-order chi connectivity index (χ0) is 22.6. The molecule has 158 valence electrons. The van der Waals surface area contributed by atoms with Crippen LogP contribution < -0.4 is 0 Å². The van der Waals surface area contributed by atoms with Gasteiger partial charge in [0.25, 0.3) is 5.91 Å². The number of aliphatic hydroxyl groups excluding tert-OH is 1. The van der Waals surface area contributed by atoms with Crippen LogP contribution >= 0.6 is 0 Å². The number of allylic oxidation sites excluding steroid dienone is 1. The molecular weight excluding hydrogens is 392 g/mol. The summed E-state index contributed by atoms with van der Waals surface area (Å²) in [5.74, 6) is -1.23. The minimum atomic E-state index is -0.744. The van der Waals surface area contributed by atoms with E-state index in [1.54, 1.807) is 51.1 Å². The number of hydrogen-bond donors (Lipinski definition) is 1. The van der Waals surface area contributed by atoms with Gasteiger partial charge in [0.1, 0.15) is 16.9 Å². The van der Waals surface area contributed by atoms with E-state index in [1.165, 1.54) is 13.0 Å². The molecule has 6 nitrogen and oxygen atoms in total. The number of ether oxygens (including phenoxy) is 1. The maximum Gasteiger partial charge on any atom is 0.344 e. The lowest BCUT2D eigenvalue weighted by Crippen LogP contribution is -2.28. The first-order chi connectivity index (χ1) is 14.7. The van der Waals surface area contributed by atoms with Crippen molar-refractivity contribution in [2.75, 3.05) is 0 Å². The normalized spacial score (nSPS) is 15.5. The van der Waals surface area contributed by atoms with Gasteiger partial charge >= 0.3 is 5.97 Å². The Morgan fingerprint density at radius 1 is 1.00 bits per heavy atom. The Kier molecular flexibility index (Phi) is 6.30. The lowest BCUT2D eigenvalue weighted by Gasteiger charge is -2.21. The molecule has 1 heterocycles.